The summed E-state index contributed by atoms with van der Waals surface area (Å²) in [5, 5.41) is 29.1. The van der Waals surface area contributed by atoms with Gasteiger partial charge in [0.05, 0.1) is 25.4 Å². The zero-order valence-corrected chi connectivity index (χ0v) is 12.7. The molecule has 1 saturated heterocycles. The minimum absolute atomic E-state index is 0.180. The number of benzene rings is 1. The van der Waals surface area contributed by atoms with Crippen LogP contribution in [0.15, 0.2) is 24.3 Å². The zero-order chi connectivity index (χ0) is 15.9. The number of methoxy groups -OCH3 is 1. The van der Waals surface area contributed by atoms with Crippen LogP contribution in [-0.2, 0) is 9.47 Å². The van der Waals surface area contributed by atoms with Crippen LogP contribution in [0.4, 0.5) is 0 Å². The molecule has 0 spiro atoms. The van der Waals surface area contributed by atoms with Gasteiger partial charge in [0.15, 0.2) is 0 Å². The maximum Gasteiger partial charge on any atom is 0.119 e. The molecule has 4 atom stereocenters. The van der Waals surface area contributed by atoms with Crippen molar-refractivity contribution in [2.24, 2.45) is 0 Å². The van der Waals surface area contributed by atoms with E-state index in [0.29, 0.717) is 13.2 Å². The number of hydrogen-bond donors (Lipinski definition) is 3. The Balaban J connectivity index is 1.96. The second kappa shape index (κ2) is 8.45. The Hall–Kier alpha value is -1.18. The molecule has 0 aliphatic carbocycles. The first kappa shape index (κ1) is 17.2. The molecule has 6 nitrogen and oxygen atoms in total. The first-order valence-electron chi connectivity index (χ1n) is 7.50. The van der Waals surface area contributed by atoms with Crippen LogP contribution in [0.2, 0.25) is 0 Å². The summed E-state index contributed by atoms with van der Waals surface area (Å²) in [5.74, 6) is 0.726. The van der Waals surface area contributed by atoms with Crippen LogP contribution in [0.1, 0.15) is 24.5 Å². The molecule has 0 radical (unpaired) electrons. The molecule has 1 aromatic carbocycles. The molecule has 1 unspecified atom stereocenters. The van der Waals surface area contributed by atoms with E-state index in [1.165, 1.54) is 0 Å². The Kier molecular flexibility index (Phi) is 6.60. The number of hydrogen-bond acceptors (Lipinski definition) is 6. The van der Waals surface area contributed by atoms with Gasteiger partial charge in [-0.05, 0) is 17.7 Å². The fourth-order valence-electron chi connectivity index (χ4n) is 2.49. The van der Waals surface area contributed by atoms with E-state index in [9.17, 15) is 15.3 Å². The number of ether oxygens (including phenoxy) is 3. The Bertz CT molecular complexity index is 435. The van der Waals surface area contributed by atoms with Gasteiger partial charge >= 0.3 is 0 Å². The van der Waals surface area contributed by atoms with Crippen molar-refractivity contribution in [1.82, 2.24) is 0 Å². The lowest BCUT2D eigenvalue weighted by Gasteiger charge is -2.36. The molecule has 1 aromatic rings. The third-order valence-corrected chi connectivity index (χ3v) is 3.72. The van der Waals surface area contributed by atoms with E-state index in [4.69, 9.17) is 14.2 Å². The minimum Gasteiger partial charge on any atom is -0.494 e. The molecular formula is C16H24O6. The maximum absolute atomic E-state index is 10.1. The molecule has 3 N–H and O–H groups in total. The Morgan fingerprint density at radius 3 is 2.55 bits per heavy atom. The van der Waals surface area contributed by atoms with Crippen LogP contribution in [-0.4, -0.2) is 60.6 Å². The summed E-state index contributed by atoms with van der Waals surface area (Å²) in [6.07, 6.45) is -1.98. The van der Waals surface area contributed by atoms with Crippen LogP contribution >= 0.6 is 0 Å². The number of rotatable bonds is 7. The van der Waals surface area contributed by atoms with Gasteiger partial charge in [-0.1, -0.05) is 12.1 Å². The number of aliphatic hydroxyl groups is 3. The van der Waals surface area contributed by atoms with Crippen molar-refractivity contribution >= 4 is 0 Å². The van der Waals surface area contributed by atoms with E-state index < -0.39 is 24.4 Å². The van der Waals surface area contributed by atoms with Crippen molar-refractivity contribution in [1.29, 1.82) is 0 Å². The molecule has 0 amide bonds. The molecule has 1 aliphatic heterocycles. The third-order valence-electron chi connectivity index (χ3n) is 3.72. The fourth-order valence-corrected chi connectivity index (χ4v) is 2.49. The molecular weight excluding hydrogens is 288 g/mol. The smallest absolute Gasteiger partial charge is 0.119 e. The van der Waals surface area contributed by atoms with E-state index in [1.807, 2.05) is 0 Å². The van der Waals surface area contributed by atoms with Crippen LogP contribution in [0.25, 0.3) is 0 Å². The lowest BCUT2D eigenvalue weighted by Crippen LogP contribution is -2.44. The van der Waals surface area contributed by atoms with Gasteiger partial charge < -0.3 is 29.5 Å². The predicted octanol–water partition coefficient (Wildman–Crippen LogP) is 0.646. The second-order valence-corrected chi connectivity index (χ2v) is 5.42. The van der Waals surface area contributed by atoms with Crippen LogP contribution in [0, 0.1) is 0 Å². The summed E-state index contributed by atoms with van der Waals surface area (Å²) in [6, 6.07) is 7.19. The van der Waals surface area contributed by atoms with Crippen molar-refractivity contribution < 1.29 is 29.5 Å². The van der Waals surface area contributed by atoms with Gasteiger partial charge in [-0.3, -0.25) is 0 Å². The normalized spacial score (nSPS) is 28.5. The maximum atomic E-state index is 10.1. The lowest BCUT2D eigenvalue weighted by molar-refractivity contribution is -0.179. The summed E-state index contributed by atoms with van der Waals surface area (Å²) >= 11 is 0. The zero-order valence-electron chi connectivity index (χ0n) is 12.7. The van der Waals surface area contributed by atoms with Gasteiger partial charge in [-0.25, -0.2) is 0 Å². The van der Waals surface area contributed by atoms with E-state index in [-0.39, 0.29) is 13.0 Å². The van der Waals surface area contributed by atoms with Crippen molar-refractivity contribution in [3.05, 3.63) is 29.8 Å². The van der Waals surface area contributed by atoms with Crippen molar-refractivity contribution in [3.8, 4) is 5.75 Å². The molecule has 22 heavy (non-hydrogen) atoms. The quantitative estimate of drug-likeness (QED) is 0.641. The molecule has 0 aromatic heterocycles. The minimum atomic E-state index is -1.00. The topological polar surface area (TPSA) is 88.4 Å². The predicted molar refractivity (Wildman–Crippen MR) is 79.8 cm³/mol. The summed E-state index contributed by atoms with van der Waals surface area (Å²) in [5.41, 5.74) is 0.744. The van der Waals surface area contributed by atoms with Gasteiger partial charge in [0.1, 0.15) is 18.0 Å². The first-order chi connectivity index (χ1) is 10.7. The Morgan fingerprint density at radius 1 is 1.18 bits per heavy atom. The SMILES string of the molecule is COCCCOc1ccc(C2O[C@H](CO)C[C@H](O)[C@@H]2O)cc1. The van der Waals surface area contributed by atoms with Crippen LogP contribution < -0.4 is 4.74 Å². The molecule has 124 valence electrons. The largest absolute Gasteiger partial charge is 0.494 e. The van der Waals surface area contributed by atoms with E-state index in [1.54, 1.807) is 31.4 Å². The highest BCUT2D eigenvalue weighted by atomic mass is 16.5. The highest BCUT2D eigenvalue weighted by Gasteiger charge is 2.37. The van der Waals surface area contributed by atoms with Gasteiger partial charge in [0.25, 0.3) is 0 Å². The summed E-state index contributed by atoms with van der Waals surface area (Å²) in [7, 11) is 1.65. The average molecular weight is 312 g/mol. The van der Waals surface area contributed by atoms with Gasteiger partial charge in [0.2, 0.25) is 0 Å². The summed E-state index contributed by atoms with van der Waals surface area (Å²) in [4.78, 5) is 0. The van der Waals surface area contributed by atoms with Crippen LogP contribution in [0.3, 0.4) is 0 Å². The van der Waals surface area contributed by atoms with E-state index in [0.717, 1.165) is 17.7 Å². The highest BCUT2D eigenvalue weighted by molar-refractivity contribution is 5.29. The standard InChI is InChI=1S/C16H24O6/c1-20-7-2-8-21-12-5-3-11(4-6-12)16-15(19)14(18)9-13(10-17)22-16/h3-6,13-19H,2,7-10H2,1H3/t13-,14-,15-,16?/m0/s1. The molecule has 1 aliphatic rings. The van der Waals surface area contributed by atoms with E-state index in [2.05, 4.69) is 0 Å². The average Bonchev–Trinajstić information content (AvgIpc) is 2.55. The Morgan fingerprint density at radius 2 is 1.91 bits per heavy atom. The van der Waals surface area contributed by atoms with Crippen LogP contribution in [0.5, 0.6) is 5.75 Å². The second-order valence-electron chi connectivity index (χ2n) is 5.42. The third kappa shape index (κ3) is 4.41. The van der Waals surface area contributed by atoms with Crippen molar-refractivity contribution in [2.75, 3.05) is 26.9 Å². The van der Waals surface area contributed by atoms with Gasteiger partial charge in [-0.15, -0.1) is 0 Å². The molecule has 1 heterocycles. The fraction of sp³-hybridized carbons (Fsp3) is 0.625. The molecule has 0 saturated carbocycles. The molecule has 0 bridgehead atoms. The molecule has 6 heteroatoms. The van der Waals surface area contributed by atoms with E-state index >= 15 is 0 Å². The summed E-state index contributed by atoms with van der Waals surface area (Å²) < 4.78 is 16.2. The molecule has 2 rings (SSSR count). The van der Waals surface area contributed by atoms with Gasteiger partial charge in [-0.2, -0.15) is 0 Å². The van der Waals surface area contributed by atoms with Gasteiger partial charge in [0, 0.05) is 26.6 Å². The van der Waals surface area contributed by atoms with Crippen molar-refractivity contribution in [3.63, 3.8) is 0 Å². The summed E-state index contributed by atoms with van der Waals surface area (Å²) in [6.45, 7) is 1.04. The highest BCUT2D eigenvalue weighted by Crippen LogP contribution is 2.32. The first-order valence-corrected chi connectivity index (χ1v) is 7.50. The van der Waals surface area contributed by atoms with Crippen molar-refractivity contribution in [2.45, 2.75) is 37.3 Å². The lowest BCUT2D eigenvalue weighted by atomic mass is 9.93. The Labute approximate surface area is 130 Å². The molecule has 1 fully saturated rings. The number of aliphatic hydroxyl groups excluding tert-OH is 3. The monoisotopic (exact) mass is 312 g/mol.